The number of aromatic nitrogens is 2. The molecule has 0 spiro atoms. The Morgan fingerprint density at radius 2 is 2.22 bits per heavy atom. The molecule has 2 N–H and O–H groups in total. The van der Waals surface area contributed by atoms with Crippen LogP contribution in [0.15, 0.2) is 24.3 Å². The van der Waals surface area contributed by atoms with Crippen LogP contribution in [0.5, 0.6) is 11.6 Å². The molecule has 4 nitrogen and oxygen atoms in total. The summed E-state index contributed by atoms with van der Waals surface area (Å²) in [5, 5.41) is 4.84. The second-order valence-electron chi connectivity index (χ2n) is 3.81. The van der Waals surface area contributed by atoms with Gasteiger partial charge < -0.3 is 10.5 Å². The maximum Gasteiger partial charge on any atom is 0.228 e. The lowest BCUT2D eigenvalue weighted by Crippen LogP contribution is -2.11. The molecule has 0 bridgehead atoms. The first-order chi connectivity index (χ1) is 8.49. The number of ether oxygens (including phenoxy) is 1. The second kappa shape index (κ2) is 4.96. The predicted molar refractivity (Wildman–Crippen MR) is 75.4 cm³/mol. The maximum atomic E-state index is 5.91. The molecule has 0 unspecified atom stereocenters. The fourth-order valence-electron chi connectivity index (χ4n) is 1.68. The van der Waals surface area contributed by atoms with Crippen LogP contribution in [0.25, 0.3) is 0 Å². The molecule has 0 fully saturated rings. The van der Waals surface area contributed by atoms with Gasteiger partial charge in [0.05, 0.1) is 11.3 Å². The largest absolute Gasteiger partial charge is 0.438 e. The highest BCUT2D eigenvalue weighted by molar-refractivity contribution is 7.80. The minimum atomic E-state index is 0.262. The third kappa shape index (κ3) is 2.47. The molecule has 1 heterocycles. The number of hydrogen-bond acceptors (Lipinski definition) is 3. The van der Waals surface area contributed by atoms with E-state index in [1.54, 1.807) is 36.0 Å². The van der Waals surface area contributed by atoms with E-state index >= 15 is 0 Å². The van der Waals surface area contributed by atoms with E-state index in [0.29, 0.717) is 22.2 Å². The summed E-state index contributed by atoms with van der Waals surface area (Å²) in [4.78, 5) is 0.262. The van der Waals surface area contributed by atoms with Gasteiger partial charge in [0.2, 0.25) is 5.88 Å². The molecule has 0 amide bonds. The molecule has 1 aromatic carbocycles. The number of halogens is 1. The summed E-state index contributed by atoms with van der Waals surface area (Å²) >= 11 is 10.9. The molecular formula is C12H12ClN3OS. The maximum absolute atomic E-state index is 5.91. The van der Waals surface area contributed by atoms with Gasteiger partial charge in [-0.15, -0.1) is 0 Å². The number of nitrogens with zero attached hydrogens (tertiary/aromatic N) is 2. The van der Waals surface area contributed by atoms with Gasteiger partial charge in [0.1, 0.15) is 10.7 Å². The van der Waals surface area contributed by atoms with Crippen molar-refractivity contribution < 1.29 is 4.74 Å². The average molecular weight is 282 g/mol. The van der Waals surface area contributed by atoms with Crippen molar-refractivity contribution in [2.45, 2.75) is 6.92 Å². The van der Waals surface area contributed by atoms with Crippen molar-refractivity contribution in [1.82, 2.24) is 9.78 Å². The molecule has 1 aromatic heterocycles. The molecule has 2 aromatic rings. The highest BCUT2D eigenvalue weighted by Crippen LogP contribution is 2.28. The number of nitrogens with two attached hydrogens (primary N) is 1. The third-order valence-corrected chi connectivity index (χ3v) is 2.87. The lowest BCUT2D eigenvalue weighted by atomic mass is 10.2. The van der Waals surface area contributed by atoms with Gasteiger partial charge >= 0.3 is 0 Å². The molecule has 0 aliphatic rings. The smallest absolute Gasteiger partial charge is 0.228 e. The van der Waals surface area contributed by atoms with Crippen LogP contribution in [0, 0.1) is 6.92 Å². The van der Waals surface area contributed by atoms with Gasteiger partial charge in [-0.05, 0) is 25.1 Å². The Hall–Kier alpha value is -1.59. The Morgan fingerprint density at radius 3 is 2.83 bits per heavy atom. The fraction of sp³-hybridized carbons (Fsp3) is 0.167. The monoisotopic (exact) mass is 281 g/mol. The molecule has 18 heavy (non-hydrogen) atoms. The normalized spacial score (nSPS) is 10.4. The van der Waals surface area contributed by atoms with Gasteiger partial charge in [0.25, 0.3) is 0 Å². The van der Waals surface area contributed by atoms with Crippen LogP contribution < -0.4 is 10.5 Å². The number of benzene rings is 1. The number of hydrogen-bond donors (Lipinski definition) is 1. The van der Waals surface area contributed by atoms with E-state index in [9.17, 15) is 0 Å². The van der Waals surface area contributed by atoms with E-state index in [4.69, 9.17) is 34.3 Å². The standard InChI is InChI=1S/C12H12ClN3OS/c1-7-10(11(14)18)12(16(2)15-7)17-9-5-3-4-8(13)6-9/h3-6H,1-2H3,(H2,14,18). The third-order valence-electron chi connectivity index (χ3n) is 2.43. The van der Waals surface area contributed by atoms with Gasteiger partial charge in [-0.3, -0.25) is 0 Å². The number of rotatable bonds is 3. The molecule has 0 saturated carbocycles. The number of aryl methyl sites for hydroxylation is 2. The average Bonchev–Trinajstić information content (AvgIpc) is 2.53. The molecule has 0 saturated heterocycles. The Morgan fingerprint density at radius 1 is 1.50 bits per heavy atom. The van der Waals surface area contributed by atoms with Gasteiger partial charge in [-0.2, -0.15) is 5.10 Å². The Balaban J connectivity index is 2.43. The van der Waals surface area contributed by atoms with E-state index < -0.39 is 0 Å². The molecule has 0 atom stereocenters. The van der Waals surface area contributed by atoms with Crippen molar-refractivity contribution in [3.05, 3.63) is 40.5 Å². The predicted octanol–water partition coefficient (Wildman–Crippen LogP) is 2.81. The van der Waals surface area contributed by atoms with Crippen molar-refractivity contribution >= 4 is 28.8 Å². The van der Waals surface area contributed by atoms with Crippen LogP contribution in [0.4, 0.5) is 0 Å². The summed E-state index contributed by atoms with van der Waals surface area (Å²) in [7, 11) is 1.77. The van der Waals surface area contributed by atoms with Crippen molar-refractivity contribution in [1.29, 1.82) is 0 Å². The molecule has 0 radical (unpaired) electrons. The summed E-state index contributed by atoms with van der Waals surface area (Å²) in [6.07, 6.45) is 0. The number of thiocarbonyl (C=S) groups is 1. The molecule has 2 rings (SSSR count). The van der Waals surface area contributed by atoms with Crippen LogP contribution >= 0.6 is 23.8 Å². The second-order valence-corrected chi connectivity index (χ2v) is 4.69. The van der Waals surface area contributed by atoms with Crippen LogP contribution in [-0.4, -0.2) is 14.8 Å². The first-order valence-electron chi connectivity index (χ1n) is 5.26. The molecule has 0 aliphatic carbocycles. The van der Waals surface area contributed by atoms with Crippen LogP contribution in [0.3, 0.4) is 0 Å². The lowest BCUT2D eigenvalue weighted by Gasteiger charge is -2.08. The lowest BCUT2D eigenvalue weighted by molar-refractivity contribution is 0.430. The van der Waals surface area contributed by atoms with Gasteiger partial charge in [-0.1, -0.05) is 29.9 Å². The van der Waals surface area contributed by atoms with Gasteiger partial charge in [-0.25, -0.2) is 4.68 Å². The van der Waals surface area contributed by atoms with Crippen molar-refractivity contribution in [2.24, 2.45) is 12.8 Å². The Bertz CT molecular complexity index is 609. The quantitative estimate of drug-likeness (QED) is 0.879. The zero-order chi connectivity index (χ0) is 13.3. The van der Waals surface area contributed by atoms with Crippen LogP contribution in [0.1, 0.15) is 11.3 Å². The highest BCUT2D eigenvalue weighted by atomic mass is 35.5. The van der Waals surface area contributed by atoms with E-state index in [0.717, 1.165) is 5.69 Å². The molecule has 94 valence electrons. The van der Waals surface area contributed by atoms with Crippen molar-refractivity contribution in [3.63, 3.8) is 0 Å². The zero-order valence-corrected chi connectivity index (χ0v) is 11.5. The first kappa shape index (κ1) is 12.9. The minimum Gasteiger partial charge on any atom is -0.438 e. The van der Waals surface area contributed by atoms with Crippen molar-refractivity contribution in [3.8, 4) is 11.6 Å². The first-order valence-corrected chi connectivity index (χ1v) is 6.04. The summed E-state index contributed by atoms with van der Waals surface area (Å²) in [6, 6.07) is 7.10. The van der Waals surface area contributed by atoms with E-state index in [2.05, 4.69) is 5.10 Å². The molecule has 0 aliphatic heterocycles. The fourth-order valence-corrected chi connectivity index (χ4v) is 2.10. The molecule has 6 heteroatoms. The van der Waals surface area contributed by atoms with Crippen molar-refractivity contribution in [2.75, 3.05) is 0 Å². The summed E-state index contributed by atoms with van der Waals surface area (Å²) in [6.45, 7) is 1.83. The SMILES string of the molecule is Cc1nn(C)c(Oc2cccc(Cl)c2)c1C(N)=S. The summed E-state index contributed by atoms with van der Waals surface area (Å²) < 4.78 is 7.35. The van der Waals surface area contributed by atoms with Gasteiger partial charge in [0, 0.05) is 12.1 Å². The Labute approximate surface area is 115 Å². The minimum absolute atomic E-state index is 0.262. The highest BCUT2D eigenvalue weighted by Gasteiger charge is 2.17. The summed E-state index contributed by atoms with van der Waals surface area (Å²) in [5.74, 6) is 1.13. The Kier molecular flexibility index (Phi) is 3.54. The summed E-state index contributed by atoms with van der Waals surface area (Å²) in [5.41, 5.74) is 7.07. The zero-order valence-electron chi connectivity index (χ0n) is 9.98. The van der Waals surface area contributed by atoms with Gasteiger partial charge in [0.15, 0.2) is 0 Å². The van der Waals surface area contributed by atoms with E-state index in [1.165, 1.54) is 0 Å². The molecular weight excluding hydrogens is 270 g/mol. The topological polar surface area (TPSA) is 53.1 Å². The van der Waals surface area contributed by atoms with Crippen LogP contribution in [-0.2, 0) is 7.05 Å². The van der Waals surface area contributed by atoms with E-state index in [-0.39, 0.29) is 4.99 Å². The van der Waals surface area contributed by atoms with E-state index in [1.807, 2.05) is 6.92 Å². The van der Waals surface area contributed by atoms with Crippen LogP contribution in [0.2, 0.25) is 5.02 Å².